The zero-order valence-electron chi connectivity index (χ0n) is 9.74. The van der Waals surface area contributed by atoms with Gasteiger partial charge >= 0.3 is 0 Å². The molecule has 0 saturated carbocycles. The summed E-state index contributed by atoms with van der Waals surface area (Å²) in [5, 5.41) is 3.26. The molecular weight excluding hydrogens is 241 g/mol. The van der Waals surface area contributed by atoms with Crippen LogP contribution in [0.15, 0.2) is 23.1 Å². The summed E-state index contributed by atoms with van der Waals surface area (Å²) in [5.74, 6) is -0.384. The monoisotopic (exact) mass is 257 g/mol. The molecule has 17 heavy (non-hydrogen) atoms. The van der Waals surface area contributed by atoms with E-state index in [0.29, 0.717) is 0 Å². The predicted octanol–water partition coefficient (Wildman–Crippen LogP) is 1.70. The van der Waals surface area contributed by atoms with Gasteiger partial charge in [0.25, 0.3) is 0 Å². The Kier molecular flexibility index (Phi) is 3.49. The van der Waals surface area contributed by atoms with Crippen LogP contribution in [0.5, 0.6) is 0 Å². The lowest BCUT2D eigenvalue weighted by Gasteiger charge is -2.23. The molecule has 1 aromatic rings. The van der Waals surface area contributed by atoms with Gasteiger partial charge in [-0.25, -0.2) is 12.8 Å². The Balaban J connectivity index is 2.37. The molecule has 0 aromatic heterocycles. The van der Waals surface area contributed by atoms with E-state index in [4.69, 9.17) is 0 Å². The molecule has 1 saturated heterocycles. The van der Waals surface area contributed by atoms with Crippen LogP contribution in [0.2, 0.25) is 0 Å². The normalized spacial score (nSPS) is 21.4. The van der Waals surface area contributed by atoms with Crippen LogP contribution in [0.4, 0.5) is 4.39 Å². The van der Waals surface area contributed by atoms with Crippen molar-refractivity contribution in [2.45, 2.75) is 23.7 Å². The molecule has 1 aliphatic heterocycles. The highest BCUT2D eigenvalue weighted by Gasteiger charge is 2.19. The first-order chi connectivity index (χ1) is 7.98. The number of halogens is 1. The van der Waals surface area contributed by atoms with E-state index in [1.807, 2.05) is 0 Å². The van der Waals surface area contributed by atoms with Crippen molar-refractivity contribution in [2.75, 3.05) is 19.3 Å². The molecule has 1 aromatic carbocycles. The fraction of sp³-hybridized carbons (Fsp3) is 0.500. The summed E-state index contributed by atoms with van der Waals surface area (Å²) < 4.78 is 36.3. The van der Waals surface area contributed by atoms with Crippen LogP contribution in [-0.2, 0) is 9.84 Å². The fourth-order valence-corrected chi connectivity index (χ4v) is 2.97. The van der Waals surface area contributed by atoms with E-state index in [2.05, 4.69) is 5.32 Å². The van der Waals surface area contributed by atoms with E-state index < -0.39 is 15.7 Å². The molecule has 1 aliphatic rings. The summed E-state index contributed by atoms with van der Waals surface area (Å²) in [5.41, 5.74) is 0.902. The Morgan fingerprint density at radius 3 is 2.76 bits per heavy atom. The molecule has 1 fully saturated rings. The minimum atomic E-state index is -3.49. The van der Waals surface area contributed by atoms with E-state index in [0.717, 1.165) is 37.8 Å². The van der Waals surface area contributed by atoms with Gasteiger partial charge in [-0.3, -0.25) is 0 Å². The molecule has 1 heterocycles. The summed E-state index contributed by atoms with van der Waals surface area (Å²) in [7, 11) is -3.49. The molecule has 5 heteroatoms. The lowest BCUT2D eigenvalue weighted by atomic mass is 9.92. The maximum absolute atomic E-state index is 13.4. The van der Waals surface area contributed by atoms with Crippen molar-refractivity contribution in [2.24, 2.45) is 0 Å². The molecule has 0 amide bonds. The summed E-state index contributed by atoms with van der Waals surface area (Å²) in [4.78, 5) is -0.194. The average molecular weight is 257 g/mol. The van der Waals surface area contributed by atoms with Crippen molar-refractivity contribution >= 4 is 9.84 Å². The number of piperidine rings is 1. The number of nitrogens with one attached hydrogen (secondary N) is 1. The lowest BCUT2D eigenvalue weighted by Crippen LogP contribution is -2.28. The number of benzene rings is 1. The molecule has 3 nitrogen and oxygen atoms in total. The van der Waals surface area contributed by atoms with Crippen molar-refractivity contribution in [1.29, 1.82) is 0 Å². The second-order valence-corrected chi connectivity index (χ2v) is 6.49. The third kappa shape index (κ3) is 2.84. The molecule has 1 unspecified atom stereocenters. The Morgan fingerprint density at radius 1 is 1.41 bits per heavy atom. The molecule has 2 rings (SSSR count). The highest BCUT2D eigenvalue weighted by Crippen LogP contribution is 2.26. The first kappa shape index (κ1) is 12.5. The smallest absolute Gasteiger partial charge is 0.178 e. The summed E-state index contributed by atoms with van der Waals surface area (Å²) in [6.07, 6.45) is 3.12. The highest BCUT2D eigenvalue weighted by molar-refractivity contribution is 7.90. The number of hydrogen-bond donors (Lipinski definition) is 1. The van der Waals surface area contributed by atoms with Crippen LogP contribution in [0, 0.1) is 5.82 Å². The molecule has 0 radical (unpaired) electrons. The second-order valence-electron chi connectivity index (χ2n) is 4.51. The first-order valence-corrected chi connectivity index (χ1v) is 7.58. The van der Waals surface area contributed by atoms with Gasteiger partial charge in [-0.05, 0) is 43.0 Å². The van der Waals surface area contributed by atoms with Crippen molar-refractivity contribution in [1.82, 2.24) is 5.32 Å². The minimum Gasteiger partial charge on any atom is -0.316 e. The molecule has 0 bridgehead atoms. The topological polar surface area (TPSA) is 46.2 Å². The van der Waals surface area contributed by atoms with E-state index in [-0.39, 0.29) is 10.8 Å². The highest BCUT2D eigenvalue weighted by atomic mass is 32.2. The van der Waals surface area contributed by atoms with Gasteiger partial charge in [-0.15, -0.1) is 0 Å². The lowest BCUT2D eigenvalue weighted by molar-refractivity contribution is 0.460. The maximum Gasteiger partial charge on any atom is 0.178 e. The number of sulfone groups is 1. The zero-order chi connectivity index (χ0) is 12.5. The van der Waals surface area contributed by atoms with Crippen molar-refractivity contribution in [3.8, 4) is 0 Å². The molecule has 0 aliphatic carbocycles. The number of rotatable bonds is 2. The molecule has 1 atom stereocenters. The molecular formula is C12H16FNO2S. The van der Waals surface area contributed by atoms with Gasteiger partial charge in [0, 0.05) is 12.8 Å². The molecule has 94 valence electrons. The van der Waals surface area contributed by atoms with Crippen LogP contribution in [0.3, 0.4) is 0 Å². The Hall–Kier alpha value is -0.940. The summed E-state index contributed by atoms with van der Waals surface area (Å²) >= 11 is 0. The summed E-state index contributed by atoms with van der Waals surface area (Å²) in [6.45, 7) is 1.82. The third-order valence-electron chi connectivity index (χ3n) is 3.12. The predicted molar refractivity (Wildman–Crippen MR) is 64.4 cm³/mol. The van der Waals surface area contributed by atoms with E-state index >= 15 is 0 Å². The zero-order valence-corrected chi connectivity index (χ0v) is 10.6. The van der Waals surface area contributed by atoms with Gasteiger partial charge in [0.05, 0.1) is 0 Å². The fourth-order valence-electron chi connectivity index (χ4n) is 2.19. The molecule has 0 spiro atoms. The van der Waals surface area contributed by atoms with Gasteiger partial charge in [0.2, 0.25) is 0 Å². The van der Waals surface area contributed by atoms with E-state index in [1.54, 1.807) is 6.07 Å². The van der Waals surface area contributed by atoms with Crippen molar-refractivity contribution in [3.05, 3.63) is 29.6 Å². The SMILES string of the molecule is CS(=O)(=O)c1cc(C2CCCNC2)ccc1F. The second kappa shape index (κ2) is 4.74. The largest absolute Gasteiger partial charge is 0.316 e. The van der Waals surface area contributed by atoms with Crippen molar-refractivity contribution < 1.29 is 12.8 Å². The van der Waals surface area contributed by atoms with Gasteiger partial charge in [-0.1, -0.05) is 6.07 Å². The van der Waals surface area contributed by atoms with Crippen LogP contribution in [0.25, 0.3) is 0 Å². The Bertz CT molecular complexity index is 507. The van der Waals surface area contributed by atoms with Gasteiger partial charge in [0.15, 0.2) is 9.84 Å². The molecule has 1 N–H and O–H groups in total. The quantitative estimate of drug-likeness (QED) is 0.877. The van der Waals surface area contributed by atoms with E-state index in [1.165, 1.54) is 12.1 Å². The number of hydrogen-bond acceptors (Lipinski definition) is 3. The maximum atomic E-state index is 13.4. The standard InChI is InChI=1S/C12H16FNO2S/c1-17(15,16)12-7-9(4-5-11(12)13)10-3-2-6-14-8-10/h4-5,7,10,14H,2-3,6,8H2,1H3. The van der Waals surface area contributed by atoms with E-state index in [9.17, 15) is 12.8 Å². The Labute approximate surface area is 101 Å². The average Bonchev–Trinajstić information content (AvgIpc) is 2.29. The van der Waals surface area contributed by atoms with Crippen LogP contribution in [-0.4, -0.2) is 27.8 Å². The summed E-state index contributed by atoms with van der Waals surface area (Å²) in [6, 6.07) is 4.41. The van der Waals surface area contributed by atoms with Crippen LogP contribution >= 0.6 is 0 Å². The van der Waals surface area contributed by atoms with Crippen LogP contribution < -0.4 is 5.32 Å². The van der Waals surface area contributed by atoms with Gasteiger partial charge < -0.3 is 5.32 Å². The Morgan fingerprint density at radius 2 is 2.18 bits per heavy atom. The van der Waals surface area contributed by atoms with Gasteiger partial charge in [0.1, 0.15) is 10.7 Å². The minimum absolute atomic E-state index is 0.194. The first-order valence-electron chi connectivity index (χ1n) is 5.69. The van der Waals surface area contributed by atoms with Crippen LogP contribution in [0.1, 0.15) is 24.3 Å². The van der Waals surface area contributed by atoms with Crippen molar-refractivity contribution in [3.63, 3.8) is 0 Å². The third-order valence-corrected chi connectivity index (χ3v) is 4.23. The van der Waals surface area contributed by atoms with Gasteiger partial charge in [-0.2, -0.15) is 0 Å².